The number of ether oxygens (including phenoxy) is 3. The lowest BCUT2D eigenvalue weighted by Gasteiger charge is -2.14. The van der Waals surface area contributed by atoms with Crippen molar-refractivity contribution in [2.45, 2.75) is 6.92 Å². The molecular weight excluding hydrogens is 594 g/mol. The van der Waals surface area contributed by atoms with Crippen LogP contribution >= 0.6 is 27.7 Å². The van der Waals surface area contributed by atoms with Crippen molar-refractivity contribution < 1.29 is 28.6 Å². The van der Waals surface area contributed by atoms with Crippen LogP contribution in [0.3, 0.4) is 0 Å². The average molecular weight is 619 g/mol. The smallest absolute Gasteiger partial charge is 0.344 e. The molecular formula is C31H24BrNO6S. The van der Waals surface area contributed by atoms with E-state index in [9.17, 15) is 14.4 Å². The van der Waals surface area contributed by atoms with Crippen molar-refractivity contribution in [2.75, 3.05) is 19.8 Å². The van der Waals surface area contributed by atoms with Gasteiger partial charge in [0.05, 0.1) is 28.1 Å². The number of rotatable bonds is 9. The second-order valence-electron chi connectivity index (χ2n) is 8.67. The van der Waals surface area contributed by atoms with Gasteiger partial charge in [-0.3, -0.25) is 14.5 Å². The van der Waals surface area contributed by atoms with E-state index in [2.05, 4.69) is 15.9 Å². The lowest BCUT2D eigenvalue weighted by atomic mass is 10.0. The molecule has 0 bridgehead atoms. The second-order valence-corrected chi connectivity index (χ2v) is 10.5. The highest BCUT2D eigenvalue weighted by Gasteiger charge is 2.35. The molecule has 9 heteroatoms. The van der Waals surface area contributed by atoms with Gasteiger partial charge in [-0.1, -0.05) is 54.6 Å². The van der Waals surface area contributed by atoms with Crippen LogP contribution in [0.25, 0.3) is 16.8 Å². The Morgan fingerprint density at radius 3 is 2.50 bits per heavy atom. The van der Waals surface area contributed by atoms with Crippen molar-refractivity contribution in [3.05, 3.63) is 105 Å². The van der Waals surface area contributed by atoms with E-state index in [-0.39, 0.29) is 29.0 Å². The third-order valence-electron chi connectivity index (χ3n) is 6.03. The molecule has 7 nitrogen and oxygen atoms in total. The van der Waals surface area contributed by atoms with Crippen molar-refractivity contribution in [3.8, 4) is 17.2 Å². The molecule has 4 aromatic carbocycles. The van der Waals surface area contributed by atoms with E-state index in [0.717, 1.165) is 27.4 Å². The van der Waals surface area contributed by atoms with Crippen LogP contribution in [-0.4, -0.2) is 41.8 Å². The first-order valence-electron chi connectivity index (χ1n) is 12.5. The first-order valence-corrected chi connectivity index (χ1v) is 14.1. The van der Waals surface area contributed by atoms with E-state index in [1.54, 1.807) is 30.3 Å². The Hall–Kier alpha value is -4.08. The Bertz CT molecular complexity index is 1620. The summed E-state index contributed by atoms with van der Waals surface area (Å²) in [5, 5.41) is 1.35. The summed E-state index contributed by atoms with van der Waals surface area (Å²) in [6.45, 7) is 2.46. The van der Waals surface area contributed by atoms with Crippen LogP contribution < -0.4 is 14.2 Å². The van der Waals surface area contributed by atoms with E-state index < -0.39 is 11.9 Å². The molecule has 2 amide bonds. The predicted molar refractivity (Wildman–Crippen MR) is 159 cm³/mol. The molecule has 1 fully saturated rings. The molecule has 0 aromatic heterocycles. The number of carbonyl (C=O) groups excluding carboxylic acids is 3. The van der Waals surface area contributed by atoms with Gasteiger partial charge in [-0.2, -0.15) is 0 Å². The summed E-state index contributed by atoms with van der Waals surface area (Å²) in [6.07, 6.45) is 1.62. The summed E-state index contributed by atoms with van der Waals surface area (Å²) in [4.78, 5) is 40.2. The zero-order valence-electron chi connectivity index (χ0n) is 21.5. The summed E-state index contributed by atoms with van der Waals surface area (Å²) < 4.78 is 17.7. The Balaban J connectivity index is 1.34. The van der Waals surface area contributed by atoms with E-state index in [1.165, 1.54) is 0 Å². The topological polar surface area (TPSA) is 82.1 Å². The monoisotopic (exact) mass is 617 g/mol. The summed E-state index contributed by atoms with van der Waals surface area (Å²) in [6, 6.07) is 25.6. The predicted octanol–water partition coefficient (Wildman–Crippen LogP) is 7.34. The maximum Gasteiger partial charge on any atom is 0.344 e. The molecule has 1 heterocycles. The van der Waals surface area contributed by atoms with Gasteiger partial charge in [-0.05, 0) is 87.4 Å². The minimum absolute atomic E-state index is 0.133. The lowest BCUT2D eigenvalue weighted by Crippen LogP contribution is -2.32. The van der Waals surface area contributed by atoms with Crippen molar-refractivity contribution in [3.63, 3.8) is 0 Å². The third-order valence-corrected chi connectivity index (χ3v) is 7.53. The molecule has 0 atom stereocenters. The number of para-hydroxylation sites is 1. The molecule has 0 spiro atoms. The maximum absolute atomic E-state index is 13.2. The van der Waals surface area contributed by atoms with Gasteiger partial charge < -0.3 is 14.2 Å². The highest BCUT2D eigenvalue weighted by Crippen LogP contribution is 2.40. The fourth-order valence-corrected chi connectivity index (χ4v) is 5.61. The molecule has 0 radical (unpaired) electrons. The number of amides is 2. The Labute approximate surface area is 243 Å². The van der Waals surface area contributed by atoms with Gasteiger partial charge in [0, 0.05) is 0 Å². The normalized spacial score (nSPS) is 14.2. The fourth-order valence-electron chi connectivity index (χ4n) is 4.20. The number of halogens is 1. The van der Waals surface area contributed by atoms with Crippen LogP contribution in [0.15, 0.2) is 94.3 Å². The van der Waals surface area contributed by atoms with E-state index >= 15 is 0 Å². The standard InChI is InChI=1S/C31H24BrNO6S/c1-2-37-26-18-20(19-27-29(34)33(31(36)40-27)15-16-38-22-11-4-3-5-12-22)17-25(32)28(26)39-30(35)24-14-8-10-21-9-6-7-13-23(21)24/h3-14,17-19H,2,15-16H2,1H3/b27-19-. The van der Waals surface area contributed by atoms with Crippen LogP contribution in [0.2, 0.25) is 0 Å². The fraction of sp³-hybridized carbons (Fsp3) is 0.129. The molecule has 1 aliphatic heterocycles. The summed E-state index contributed by atoms with van der Waals surface area (Å²) in [7, 11) is 0. The number of nitrogens with zero attached hydrogens (tertiary/aromatic N) is 1. The number of fused-ring (bicyclic) bond motifs is 1. The van der Waals surface area contributed by atoms with Crippen LogP contribution in [-0.2, 0) is 4.79 Å². The quantitative estimate of drug-likeness (QED) is 0.110. The minimum atomic E-state index is -0.523. The van der Waals surface area contributed by atoms with Crippen molar-refractivity contribution >= 4 is 61.7 Å². The molecule has 0 saturated carbocycles. The highest BCUT2D eigenvalue weighted by atomic mass is 79.9. The molecule has 1 saturated heterocycles. The van der Waals surface area contributed by atoms with Crippen LogP contribution in [0.1, 0.15) is 22.8 Å². The van der Waals surface area contributed by atoms with Gasteiger partial charge in [-0.15, -0.1) is 0 Å². The number of benzene rings is 4. The van der Waals surface area contributed by atoms with Crippen LogP contribution in [0.5, 0.6) is 17.2 Å². The second kappa shape index (κ2) is 12.4. The Morgan fingerprint density at radius 2 is 1.70 bits per heavy atom. The van der Waals surface area contributed by atoms with E-state index in [0.29, 0.717) is 33.7 Å². The maximum atomic E-state index is 13.2. The summed E-state index contributed by atoms with van der Waals surface area (Å²) in [5.74, 6) is 0.298. The van der Waals surface area contributed by atoms with Crippen molar-refractivity contribution in [1.82, 2.24) is 4.90 Å². The van der Waals surface area contributed by atoms with Gasteiger partial charge in [-0.25, -0.2) is 4.79 Å². The van der Waals surface area contributed by atoms with Crippen molar-refractivity contribution in [2.24, 2.45) is 0 Å². The number of hydrogen-bond acceptors (Lipinski definition) is 7. The third kappa shape index (κ3) is 6.05. The van der Waals surface area contributed by atoms with E-state index in [1.807, 2.05) is 67.6 Å². The molecule has 5 rings (SSSR count). The zero-order valence-corrected chi connectivity index (χ0v) is 23.9. The highest BCUT2D eigenvalue weighted by molar-refractivity contribution is 9.10. The average Bonchev–Trinajstić information content (AvgIpc) is 3.22. The van der Waals surface area contributed by atoms with Gasteiger partial charge >= 0.3 is 5.97 Å². The number of hydrogen-bond donors (Lipinski definition) is 0. The van der Waals surface area contributed by atoms with Gasteiger partial charge in [0.1, 0.15) is 12.4 Å². The molecule has 40 heavy (non-hydrogen) atoms. The first-order chi connectivity index (χ1) is 19.4. The molecule has 0 N–H and O–H groups in total. The first kappa shape index (κ1) is 27.5. The van der Waals surface area contributed by atoms with Crippen LogP contribution in [0, 0.1) is 0 Å². The Morgan fingerprint density at radius 1 is 0.950 bits per heavy atom. The molecule has 202 valence electrons. The van der Waals surface area contributed by atoms with Gasteiger partial charge in [0.25, 0.3) is 11.1 Å². The largest absolute Gasteiger partial charge is 0.492 e. The number of carbonyl (C=O) groups is 3. The molecule has 1 aliphatic rings. The Kier molecular flexibility index (Phi) is 8.52. The molecule has 0 aliphatic carbocycles. The number of esters is 1. The minimum Gasteiger partial charge on any atom is -0.492 e. The summed E-state index contributed by atoms with van der Waals surface area (Å²) in [5.41, 5.74) is 1.03. The van der Waals surface area contributed by atoms with Crippen molar-refractivity contribution in [1.29, 1.82) is 0 Å². The van der Waals surface area contributed by atoms with E-state index in [4.69, 9.17) is 14.2 Å². The van der Waals surface area contributed by atoms with Gasteiger partial charge in [0.15, 0.2) is 11.5 Å². The zero-order chi connectivity index (χ0) is 28.1. The van der Waals surface area contributed by atoms with Crippen LogP contribution in [0.4, 0.5) is 4.79 Å². The number of thioether (sulfide) groups is 1. The number of imide groups is 1. The molecule has 4 aromatic rings. The summed E-state index contributed by atoms with van der Waals surface area (Å²) >= 11 is 4.35. The lowest BCUT2D eigenvalue weighted by molar-refractivity contribution is -0.123. The molecule has 0 unspecified atom stereocenters. The van der Waals surface area contributed by atoms with Gasteiger partial charge in [0.2, 0.25) is 0 Å². The SMILES string of the molecule is CCOc1cc(/C=C2\SC(=O)N(CCOc3ccccc3)C2=O)cc(Br)c1OC(=O)c1cccc2ccccc12.